The van der Waals surface area contributed by atoms with Crippen LogP contribution in [-0.2, 0) is 53.4 Å². The fourth-order valence-electron chi connectivity index (χ4n) is 5.70. The van der Waals surface area contributed by atoms with Gasteiger partial charge in [0.15, 0.2) is 29.0 Å². The molecule has 0 spiro atoms. The molecule has 0 bridgehead atoms. The summed E-state index contributed by atoms with van der Waals surface area (Å²) >= 11 is 0.967. The third-order valence-electron chi connectivity index (χ3n) is 8.83. The molecule has 5 rings (SSSR count). The summed E-state index contributed by atoms with van der Waals surface area (Å²) in [5.41, 5.74) is 10.9. The Bertz CT molecular complexity index is 1970. The number of rotatable bonds is 20. The molecular weight excluding hydrogens is 737 g/mol. The molecule has 2 saturated heterocycles. The minimum absolute atomic E-state index is 0.0508. The van der Waals surface area contributed by atoms with Gasteiger partial charge in [-0.05, 0) is 44.5 Å². The summed E-state index contributed by atoms with van der Waals surface area (Å²) in [6.45, 7) is 6.16. The van der Waals surface area contributed by atoms with Crippen LogP contribution in [0.1, 0.15) is 48.3 Å². The average molecular weight is 777 g/mol. The molecule has 0 unspecified atom stereocenters. The normalized spacial score (nSPS) is 17.9. The first-order valence-electron chi connectivity index (χ1n) is 16.5. The number of benzene rings is 1. The van der Waals surface area contributed by atoms with Crippen molar-refractivity contribution in [2.45, 2.75) is 57.8 Å². The molecule has 2 atom stereocenters. The Morgan fingerprint density at radius 3 is 2.53 bits per heavy atom. The number of ketones is 2. The highest BCUT2D eigenvalue weighted by Gasteiger charge is 2.57. The van der Waals surface area contributed by atoms with Gasteiger partial charge in [0.2, 0.25) is 16.6 Å². The van der Waals surface area contributed by atoms with Crippen molar-refractivity contribution >= 4 is 56.0 Å². The van der Waals surface area contributed by atoms with Crippen molar-refractivity contribution in [3.05, 3.63) is 58.9 Å². The number of β-lactam (4-membered cyclic amide) rings is 1. The smallest absolute Gasteiger partial charge is 0.351 e. The number of hydroxylamine groups is 2. The molecule has 53 heavy (non-hydrogen) atoms. The summed E-state index contributed by atoms with van der Waals surface area (Å²) in [4.78, 5) is 60.4. The number of carboxylic acids is 1. The van der Waals surface area contributed by atoms with Gasteiger partial charge in [-0.3, -0.25) is 14.4 Å². The molecule has 0 radical (unpaired) electrons. The first-order valence-corrected chi connectivity index (χ1v) is 18.7. The molecule has 21 heteroatoms. The number of nitrogens with two attached hydrogens (primary N) is 2. The van der Waals surface area contributed by atoms with Crippen LogP contribution in [0.15, 0.2) is 47.2 Å². The van der Waals surface area contributed by atoms with E-state index in [1.165, 1.54) is 19.2 Å². The lowest BCUT2D eigenvalue weighted by molar-refractivity contribution is -0.781. The van der Waals surface area contributed by atoms with E-state index in [9.17, 15) is 37.3 Å². The maximum Gasteiger partial charge on any atom is 0.351 e. The van der Waals surface area contributed by atoms with Crippen LogP contribution in [0, 0.1) is 11.8 Å². The molecular formula is C32H40N8O11S2. The molecule has 6 N–H and O–H groups in total. The van der Waals surface area contributed by atoms with Crippen LogP contribution < -0.4 is 26.2 Å². The predicted molar refractivity (Wildman–Crippen MR) is 185 cm³/mol. The van der Waals surface area contributed by atoms with Gasteiger partial charge in [-0.2, -0.15) is 14.0 Å². The summed E-state index contributed by atoms with van der Waals surface area (Å²) in [7, 11) is -5.25. The average Bonchev–Trinajstić information content (AvgIpc) is 3.70. The fraction of sp³-hybridized carbons (Fsp3) is 0.469. The zero-order chi connectivity index (χ0) is 38.5. The summed E-state index contributed by atoms with van der Waals surface area (Å²) < 4.78 is 47.1. The maximum absolute atomic E-state index is 13.4. The maximum atomic E-state index is 13.4. The number of nitrogens with zero attached hydrogens (tertiary/aromatic N) is 5. The number of carboxylic acid groups (broad SMARTS) is 1. The number of carbonyl (C=O) groups excluding carboxylic acids is 3. The van der Waals surface area contributed by atoms with Gasteiger partial charge in [0, 0.05) is 37.2 Å². The van der Waals surface area contributed by atoms with Gasteiger partial charge in [-0.1, -0.05) is 17.3 Å². The third-order valence-corrected chi connectivity index (χ3v) is 9.83. The SMILES string of the molecule is CC1(C)[C@H](CC(=O)/C(=N\O[C@@H](COc2ccc(CC(=O)c3cn(CCCN)[n+](CC4CNC4)c3)cc2)C(=O)O)c2csc(N)n2)C(=O)N1OS(=O)(=O)[O-]. The number of aryl methyl sites for hydroxylation is 1. The van der Waals surface area contributed by atoms with E-state index in [1.54, 1.807) is 24.3 Å². The Morgan fingerprint density at radius 1 is 1.25 bits per heavy atom. The van der Waals surface area contributed by atoms with Crippen molar-refractivity contribution in [2.75, 3.05) is 32.0 Å². The lowest BCUT2D eigenvalue weighted by Gasteiger charge is -2.51. The Hall–Kier alpha value is -4.80. The molecule has 0 aliphatic carbocycles. The molecule has 2 fully saturated rings. The number of aromatic nitrogens is 3. The number of nitrogens with one attached hydrogen (secondary N) is 1. The number of thiazole rings is 1. The number of aliphatic carboxylic acids is 1. The quantitative estimate of drug-likeness (QED) is 0.0217. The Kier molecular flexibility index (Phi) is 12.2. The second-order valence-corrected chi connectivity index (χ2v) is 15.0. The van der Waals surface area contributed by atoms with Crippen LogP contribution >= 0.6 is 11.3 Å². The molecule has 2 aromatic heterocycles. The number of Topliss-reactive ketones (excluding diaryl/α,β-unsaturated/α-hetero) is 2. The second-order valence-electron chi connectivity index (χ2n) is 13.1. The minimum atomic E-state index is -5.25. The fourth-order valence-corrected chi connectivity index (χ4v) is 6.70. The van der Waals surface area contributed by atoms with Gasteiger partial charge in [-0.25, -0.2) is 18.2 Å². The Balaban J connectivity index is 1.21. The molecule has 2 aliphatic rings. The number of nitrogen functional groups attached to an aromatic ring is 1. The highest BCUT2D eigenvalue weighted by Crippen LogP contribution is 2.40. The highest BCUT2D eigenvalue weighted by molar-refractivity contribution is 7.80. The van der Waals surface area contributed by atoms with E-state index in [0.717, 1.165) is 37.4 Å². The van der Waals surface area contributed by atoms with Gasteiger partial charge in [0.05, 0.1) is 24.2 Å². The first kappa shape index (κ1) is 39.4. The van der Waals surface area contributed by atoms with E-state index in [0.29, 0.717) is 35.2 Å². The summed E-state index contributed by atoms with van der Waals surface area (Å²) in [5, 5.41) is 18.6. The predicted octanol–water partition coefficient (Wildman–Crippen LogP) is -0.351. The lowest BCUT2D eigenvalue weighted by atomic mass is 9.74. The van der Waals surface area contributed by atoms with Crippen molar-refractivity contribution in [3.63, 3.8) is 0 Å². The topological polar surface area (TPSA) is 275 Å². The van der Waals surface area contributed by atoms with E-state index in [4.69, 9.17) is 21.0 Å². The van der Waals surface area contributed by atoms with Gasteiger partial charge >= 0.3 is 5.97 Å². The van der Waals surface area contributed by atoms with Crippen LogP contribution in [0.4, 0.5) is 5.13 Å². The molecule has 2 aliphatic heterocycles. The molecule has 1 aromatic carbocycles. The largest absolute Gasteiger partial charge is 0.724 e. The van der Waals surface area contributed by atoms with Crippen molar-refractivity contribution < 1.29 is 55.8 Å². The number of oxime groups is 1. The van der Waals surface area contributed by atoms with E-state index < -0.39 is 64.4 Å². The number of hydrogen-bond acceptors (Lipinski definition) is 16. The number of carbonyl (C=O) groups is 4. The van der Waals surface area contributed by atoms with E-state index in [1.807, 2.05) is 17.1 Å². The number of amides is 1. The Labute approximate surface area is 308 Å². The second kappa shape index (κ2) is 16.5. The van der Waals surface area contributed by atoms with Gasteiger partial charge < -0.3 is 36.0 Å². The summed E-state index contributed by atoms with van der Waals surface area (Å²) in [5.74, 6) is -3.61. The molecule has 286 valence electrons. The third kappa shape index (κ3) is 9.80. The molecule has 3 aromatic rings. The number of anilines is 1. The first-order chi connectivity index (χ1) is 25.0. The van der Waals surface area contributed by atoms with Crippen LogP contribution in [0.25, 0.3) is 0 Å². The van der Waals surface area contributed by atoms with Crippen molar-refractivity contribution in [3.8, 4) is 5.75 Å². The summed E-state index contributed by atoms with van der Waals surface area (Å²) in [6, 6.07) is 6.53. The monoisotopic (exact) mass is 776 g/mol. The van der Waals surface area contributed by atoms with E-state index in [-0.39, 0.29) is 28.8 Å². The van der Waals surface area contributed by atoms with Gasteiger partial charge in [0.25, 0.3) is 12.0 Å². The van der Waals surface area contributed by atoms with Gasteiger partial charge in [0.1, 0.15) is 23.6 Å². The van der Waals surface area contributed by atoms with Crippen LogP contribution in [0.2, 0.25) is 0 Å². The van der Waals surface area contributed by atoms with Crippen molar-refractivity contribution in [1.82, 2.24) is 20.0 Å². The van der Waals surface area contributed by atoms with E-state index in [2.05, 4.69) is 24.4 Å². The molecule has 19 nitrogen and oxygen atoms in total. The van der Waals surface area contributed by atoms with Crippen molar-refractivity contribution in [1.29, 1.82) is 0 Å². The molecule has 4 heterocycles. The van der Waals surface area contributed by atoms with Crippen LogP contribution in [-0.4, -0.2) is 99.8 Å². The van der Waals surface area contributed by atoms with E-state index >= 15 is 0 Å². The standard InChI is InChI=1S/C32H40N8O11S2/c1-32(2)23(29(43)40(32)51-53(46,47)48)11-26(42)28(24-18-52-31(34)36-24)37-50-27(30(44)45)17-49-22-6-4-19(5-7-22)10-25(41)21-15-38(9-3-8-33)39(16-21)14-20-12-35-13-20/h4-7,15-16,18,20,23,27,35H,3,8-14,17,33H2,1-2H3,(H3-,34,36,44,45,46,47,48)/b37-28-/t23-,27+/m1/s1. The zero-order valence-electron chi connectivity index (χ0n) is 28.9. The minimum Gasteiger partial charge on any atom is -0.724 e. The lowest BCUT2D eigenvalue weighted by Crippen LogP contribution is -2.68. The Morgan fingerprint density at radius 2 is 1.96 bits per heavy atom. The number of ether oxygens (including phenoxy) is 1. The highest BCUT2D eigenvalue weighted by atomic mass is 32.3. The van der Waals surface area contributed by atoms with Crippen LogP contribution in [0.5, 0.6) is 5.75 Å². The number of hydrogen-bond donors (Lipinski definition) is 4. The van der Waals surface area contributed by atoms with Crippen molar-refractivity contribution in [2.24, 2.45) is 22.7 Å². The molecule has 0 saturated carbocycles. The summed E-state index contributed by atoms with van der Waals surface area (Å²) in [6.07, 6.45) is 2.39. The van der Waals surface area contributed by atoms with Gasteiger partial charge in [-0.15, -0.1) is 16.0 Å². The zero-order valence-corrected chi connectivity index (χ0v) is 30.5. The van der Waals surface area contributed by atoms with Crippen LogP contribution in [0.3, 0.4) is 0 Å². The molecule has 1 amide bonds.